The summed E-state index contributed by atoms with van der Waals surface area (Å²) in [5, 5.41) is 3.33. The monoisotopic (exact) mass is 223 g/mol. The molecule has 0 unspecified atom stereocenters. The zero-order valence-electron chi connectivity index (χ0n) is 10.6. The molecule has 90 valence electrons. The van der Waals surface area contributed by atoms with Crippen molar-refractivity contribution in [2.75, 3.05) is 13.1 Å². The van der Waals surface area contributed by atoms with Crippen LogP contribution in [0.5, 0.6) is 0 Å². The molecule has 0 atom stereocenters. The molecule has 0 aliphatic heterocycles. The van der Waals surface area contributed by atoms with Crippen molar-refractivity contribution in [2.45, 2.75) is 40.0 Å². The first-order valence-electron chi connectivity index (χ1n) is 6.11. The lowest BCUT2D eigenvalue weighted by molar-refractivity contribution is 0.588. The highest BCUT2D eigenvalue weighted by atomic mass is 19.1. The highest BCUT2D eigenvalue weighted by Gasteiger charge is 2.06. The van der Waals surface area contributed by atoms with Crippen LogP contribution in [-0.2, 0) is 6.42 Å². The number of halogens is 1. The van der Waals surface area contributed by atoms with Crippen molar-refractivity contribution in [3.05, 3.63) is 34.6 Å². The molecule has 0 radical (unpaired) electrons. The number of benzene rings is 1. The van der Waals surface area contributed by atoms with Crippen LogP contribution in [-0.4, -0.2) is 13.1 Å². The summed E-state index contributed by atoms with van der Waals surface area (Å²) in [6.45, 7) is 8.10. The zero-order valence-corrected chi connectivity index (χ0v) is 10.6. The lowest BCUT2D eigenvalue weighted by Gasteiger charge is -2.09. The van der Waals surface area contributed by atoms with Gasteiger partial charge in [0.15, 0.2) is 0 Å². The summed E-state index contributed by atoms with van der Waals surface area (Å²) in [4.78, 5) is 0. The normalized spacial score (nSPS) is 10.8. The van der Waals surface area contributed by atoms with Crippen LogP contribution in [0.2, 0.25) is 0 Å². The first kappa shape index (κ1) is 13.2. The van der Waals surface area contributed by atoms with Gasteiger partial charge in [0, 0.05) is 0 Å². The molecule has 0 fully saturated rings. The second kappa shape index (κ2) is 6.64. The summed E-state index contributed by atoms with van der Waals surface area (Å²) in [6.07, 6.45) is 2.98. The topological polar surface area (TPSA) is 12.0 Å². The molecule has 0 heterocycles. The van der Waals surface area contributed by atoms with Gasteiger partial charge in [0.2, 0.25) is 0 Å². The molecule has 0 aliphatic rings. The van der Waals surface area contributed by atoms with Gasteiger partial charge in [0.25, 0.3) is 0 Å². The number of aryl methyl sites for hydroxylation is 2. The number of nitrogens with one attached hydrogen (secondary N) is 1. The van der Waals surface area contributed by atoms with Gasteiger partial charge in [-0.15, -0.1) is 0 Å². The molecule has 1 aromatic carbocycles. The predicted octanol–water partition coefficient (Wildman–Crippen LogP) is 3.37. The number of hydrogen-bond donors (Lipinski definition) is 1. The summed E-state index contributed by atoms with van der Waals surface area (Å²) < 4.78 is 13.7. The quantitative estimate of drug-likeness (QED) is 0.729. The second-order valence-corrected chi connectivity index (χ2v) is 4.40. The van der Waals surface area contributed by atoms with E-state index in [1.54, 1.807) is 6.07 Å². The number of rotatable bonds is 6. The van der Waals surface area contributed by atoms with Gasteiger partial charge in [0.05, 0.1) is 0 Å². The van der Waals surface area contributed by atoms with Crippen LogP contribution in [0.4, 0.5) is 4.39 Å². The highest BCUT2D eigenvalue weighted by molar-refractivity contribution is 5.32. The molecule has 16 heavy (non-hydrogen) atoms. The molecular weight excluding hydrogens is 201 g/mol. The molecule has 1 nitrogen and oxygen atoms in total. The molecule has 1 N–H and O–H groups in total. The Kier molecular flexibility index (Phi) is 5.47. The summed E-state index contributed by atoms with van der Waals surface area (Å²) in [5.74, 6) is -0.0482. The molecule has 0 saturated heterocycles. The molecule has 1 aromatic rings. The highest BCUT2D eigenvalue weighted by Crippen LogP contribution is 2.17. The van der Waals surface area contributed by atoms with Gasteiger partial charge in [-0.3, -0.25) is 0 Å². The average Bonchev–Trinajstić information content (AvgIpc) is 2.20. The summed E-state index contributed by atoms with van der Waals surface area (Å²) >= 11 is 0. The molecule has 0 aliphatic carbocycles. The minimum absolute atomic E-state index is 0.0482. The maximum atomic E-state index is 13.7. The fourth-order valence-corrected chi connectivity index (χ4v) is 1.95. The molecule has 0 bridgehead atoms. The lowest BCUT2D eigenvalue weighted by atomic mass is 10.0. The average molecular weight is 223 g/mol. The zero-order chi connectivity index (χ0) is 12.0. The molecule has 0 aromatic heterocycles. The van der Waals surface area contributed by atoms with E-state index in [1.807, 2.05) is 13.8 Å². The molecule has 0 spiro atoms. The van der Waals surface area contributed by atoms with E-state index in [0.29, 0.717) is 0 Å². The third-order valence-corrected chi connectivity index (χ3v) is 2.77. The minimum Gasteiger partial charge on any atom is -0.317 e. The maximum absolute atomic E-state index is 13.7. The van der Waals surface area contributed by atoms with Crippen LogP contribution in [0.3, 0.4) is 0 Å². The lowest BCUT2D eigenvalue weighted by Crippen LogP contribution is -2.16. The molecular formula is C14H22FN. The maximum Gasteiger partial charge on any atom is 0.126 e. The van der Waals surface area contributed by atoms with Crippen LogP contribution in [0.25, 0.3) is 0 Å². The Hall–Kier alpha value is -0.890. The summed E-state index contributed by atoms with van der Waals surface area (Å²) in [7, 11) is 0. The standard InChI is InChI=1S/C14H22FN/c1-4-7-16-8-5-6-13-12(3)9-11(2)10-14(13)15/h9-10,16H,4-8H2,1-3H3. The molecule has 0 amide bonds. The van der Waals surface area contributed by atoms with Crippen molar-refractivity contribution in [3.8, 4) is 0 Å². The fraction of sp³-hybridized carbons (Fsp3) is 0.571. The van der Waals surface area contributed by atoms with Gasteiger partial charge in [-0.05, 0) is 69.0 Å². The van der Waals surface area contributed by atoms with Crippen molar-refractivity contribution >= 4 is 0 Å². The second-order valence-electron chi connectivity index (χ2n) is 4.40. The smallest absolute Gasteiger partial charge is 0.126 e. The van der Waals surface area contributed by atoms with E-state index in [2.05, 4.69) is 18.3 Å². The van der Waals surface area contributed by atoms with Gasteiger partial charge in [-0.1, -0.05) is 13.0 Å². The molecule has 1 rings (SSSR count). The van der Waals surface area contributed by atoms with Crippen molar-refractivity contribution in [1.82, 2.24) is 5.32 Å². The van der Waals surface area contributed by atoms with Gasteiger partial charge >= 0.3 is 0 Å². The van der Waals surface area contributed by atoms with Crippen LogP contribution in [0.1, 0.15) is 36.5 Å². The van der Waals surface area contributed by atoms with E-state index in [4.69, 9.17) is 0 Å². The first-order chi connectivity index (χ1) is 7.65. The van der Waals surface area contributed by atoms with Gasteiger partial charge in [0.1, 0.15) is 5.82 Å². The van der Waals surface area contributed by atoms with Crippen LogP contribution in [0, 0.1) is 19.7 Å². The Morgan fingerprint density at radius 2 is 1.94 bits per heavy atom. The Balaban J connectivity index is 2.47. The van der Waals surface area contributed by atoms with Crippen LogP contribution in [0.15, 0.2) is 12.1 Å². The first-order valence-corrected chi connectivity index (χ1v) is 6.11. The van der Waals surface area contributed by atoms with E-state index in [0.717, 1.165) is 49.0 Å². The Morgan fingerprint density at radius 3 is 2.56 bits per heavy atom. The van der Waals surface area contributed by atoms with Crippen molar-refractivity contribution in [3.63, 3.8) is 0 Å². The van der Waals surface area contributed by atoms with E-state index in [1.165, 1.54) is 0 Å². The van der Waals surface area contributed by atoms with Gasteiger partial charge < -0.3 is 5.32 Å². The van der Waals surface area contributed by atoms with E-state index in [9.17, 15) is 4.39 Å². The Labute approximate surface area is 98.1 Å². The van der Waals surface area contributed by atoms with Gasteiger partial charge in [-0.2, -0.15) is 0 Å². The molecule has 0 saturated carbocycles. The van der Waals surface area contributed by atoms with Crippen molar-refractivity contribution in [1.29, 1.82) is 0 Å². The SMILES string of the molecule is CCCNCCCc1c(C)cc(C)cc1F. The van der Waals surface area contributed by atoms with E-state index < -0.39 is 0 Å². The van der Waals surface area contributed by atoms with Crippen molar-refractivity contribution < 1.29 is 4.39 Å². The summed E-state index contributed by atoms with van der Waals surface area (Å²) in [5.41, 5.74) is 2.96. The Morgan fingerprint density at radius 1 is 1.19 bits per heavy atom. The van der Waals surface area contributed by atoms with Crippen LogP contribution >= 0.6 is 0 Å². The molecule has 2 heteroatoms. The third-order valence-electron chi connectivity index (χ3n) is 2.77. The van der Waals surface area contributed by atoms with Crippen LogP contribution < -0.4 is 5.32 Å². The Bertz CT molecular complexity index is 311. The number of hydrogen-bond acceptors (Lipinski definition) is 1. The fourth-order valence-electron chi connectivity index (χ4n) is 1.95. The minimum atomic E-state index is -0.0482. The summed E-state index contributed by atoms with van der Waals surface area (Å²) in [6, 6.07) is 3.68. The largest absolute Gasteiger partial charge is 0.317 e. The van der Waals surface area contributed by atoms with Gasteiger partial charge in [-0.25, -0.2) is 4.39 Å². The van der Waals surface area contributed by atoms with E-state index in [-0.39, 0.29) is 5.82 Å². The predicted molar refractivity (Wildman–Crippen MR) is 67.4 cm³/mol. The van der Waals surface area contributed by atoms with Crippen molar-refractivity contribution in [2.24, 2.45) is 0 Å². The third kappa shape index (κ3) is 3.93. The van der Waals surface area contributed by atoms with E-state index >= 15 is 0 Å².